The Balaban J connectivity index is 2.05. The molecule has 0 radical (unpaired) electrons. The molecule has 100 valence electrons. The van der Waals surface area contributed by atoms with Gasteiger partial charge in [0.15, 0.2) is 0 Å². The summed E-state index contributed by atoms with van der Waals surface area (Å²) in [5, 5.41) is 7.75. The molecular weight excluding hydrogens is 230 g/mol. The second-order valence-electron chi connectivity index (χ2n) is 5.18. The van der Waals surface area contributed by atoms with E-state index in [2.05, 4.69) is 15.2 Å². The first-order valence-corrected chi connectivity index (χ1v) is 6.68. The maximum absolute atomic E-state index is 11.4. The first-order valence-electron chi connectivity index (χ1n) is 6.68. The van der Waals surface area contributed by atoms with E-state index >= 15 is 0 Å². The van der Waals surface area contributed by atoms with Crippen LogP contribution in [0.25, 0.3) is 0 Å². The average molecular weight is 251 g/mol. The first kappa shape index (κ1) is 13.2. The summed E-state index contributed by atoms with van der Waals surface area (Å²) >= 11 is 0. The van der Waals surface area contributed by atoms with Crippen molar-refractivity contribution in [3.63, 3.8) is 0 Å². The zero-order chi connectivity index (χ0) is 13.0. The molecule has 1 unspecified atom stereocenters. The number of carbonyl (C=O) groups excluding carboxylic acids is 1. The van der Waals surface area contributed by atoms with Gasteiger partial charge in [0.05, 0.1) is 0 Å². The van der Waals surface area contributed by atoms with E-state index in [1.54, 1.807) is 6.92 Å². The van der Waals surface area contributed by atoms with E-state index in [0.29, 0.717) is 12.5 Å². The zero-order valence-corrected chi connectivity index (χ0v) is 11.2. The van der Waals surface area contributed by atoms with Crippen LogP contribution in [0.5, 0.6) is 0 Å². The summed E-state index contributed by atoms with van der Waals surface area (Å²) in [5.74, 6) is 0.266. The van der Waals surface area contributed by atoms with Gasteiger partial charge in [-0.3, -0.25) is 9.69 Å². The van der Waals surface area contributed by atoms with E-state index in [4.69, 9.17) is 4.63 Å². The number of ketones is 1. The third-order valence-corrected chi connectivity index (χ3v) is 3.62. The van der Waals surface area contributed by atoms with Crippen LogP contribution in [0, 0.1) is 6.92 Å². The van der Waals surface area contributed by atoms with Gasteiger partial charge in [0, 0.05) is 19.0 Å². The van der Waals surface area contributed by atoms with Crippen LogP contribution < -0.4 is 0 Å². The van der Waals surface area contributed by atoms with E-state index < -0.39 is 0 Å². The number of rotatable bonds is 4. The number of aromatic nitrogens is 2. The summed E-state index contributed by atoms with van der Waals surface area (Å²) in [4.78, 5) is 13.7. The molecule has 0 amide bonds. The second kappa shape index (κ2) is 6.09. The number of aryl methyl sites for hydroxylation is 1. The van der Waals surface area contributed by atoms with Crippen LogP contribution >= 0.6 is 0 Å². The highest BCUT2D eigenvalue weighted by atomic mass is 16.6. The minimum Gasteiger partial charge on any atom is -0.300 e. The smallest absolute Gasteiger partial charge is 0.131 e. The van der Waals surface area contributed by atoms with Crippen molar-refractivity contribution in [2.24, 2.45) is 0 Å². The molecule has 1 saturated heterocycles. The fourth-order valence-corrected chi connectivity index (χ4v) is 2.59. The number of nitrogens with zero attached hydrogens (tertiary/aromatic N) is 3. The van der Waals surface area contributed by atoms with Crippen LogP contribution in [0.15, 0.2) is 4.63 Å². The molecule has 0 N–H and O–H groups in total. The molecule has 0 bridgehead atoms. The number of likely N-dealkylation sites (tertiary alicyclic amines) is 1. The number of hydrogen-bond acceptors (Lipinski definition) is 5. The van der Waals surface area contributed by atoms with Crippen molar-refractivity contribution in [2.45, 2.75) is 58.5 Å². The summed E-state index contributed by atoms with van der Waals surface area (Å²) in [5.41, 5.74) is 1.74. The maximum Gasteiger partial charge on any atom is 0.131 e. The van der Waals surface area contributed by atoms with Gasteiger partial charge in [-0.2, -0.15) is 0 Å². The third kappa shape index (κ3) is 3.38. The Kier molecular flexibility index (Phi) is 4.47. The molecule has 1 atom stereocenters. The predicted molar refractivity (Wildman–Crippen MR) is 67.0 cm³/mol. The van der Waals surface area contributed by atoms with Gasteiger partial charge >= 0.3 is 0 Å². The molecule has 2 rings (SSSR count). The van der Waals surface area contributed by atoms with Crippen molar-refractivity contribution in [2.75, 3.05) is 6.54 Å². The first-order chi connectivity index (χ1) is 8.66. The molecule has 0 aliphatic carbocycles. The average Bonchev–Trinajstić information content (AvgIpc) is 2.58. The molecule has 0 aromatic carbocycles. The van der Waals surface area contributed by atoms with Gasteiger partial charge in [-0.15, -0.1) is 0 Å². The van der Waals surface area contributed by atoms with Crippen LogP contribution in [0.3, 0.4) is 0 Å². The van der Waals surface area contributed by atoms with Gasteiger partial charge in [0.2, 0.25) is 0 Å². The van der Waals surface area contributed by atoms with Gasteiger partial charge in [-0.05, 0) is 33.2 Å². The minimum absolute atomic E-state index is 0.266. The molecule has 5 nitrogen and oxygen atoms in total. The number of carbonyl (C=O) groups is 1. The van der Waals surface area contributed by atoms with Crippen molar-refractivity contribution in [1.29, 1.82) is 0 Å². The van der Waals surface area contributed by atoms with Crippen LogP contribution in [0.1, 0.15) is 50.4 Å². The third-order valence-electron chi connectivity index (χ3n) is 3.62. The summed E-state index contributed by atoms with van der Waals surface area (Å²) in [6.07, 6.45) is 5.40. The Hall–Kier alpha value is -1.23. The lowest BCUT2D eigenvalue weighted by molar-refractivity contribution is -0.118. The molecule has 1 aliphatic heterocycles. The molecule has 5 heteroatoms. The quantitative estimate of drug-likeness (QED) is 0.820. The molecule has 2 heterocycles. The van der Waals surface area contributed by atoms with Crippen molar-refractivity contribution < 1.29 is 9.42 Å². The lowest BCUT2D eigenvalue weighted by Gasteiger charge is -2.28. The standard InChI is InChI=1S/C13H21N3O2/c1-10(17)8-12-6-4-3-5-7-16(12)9-13-11(2)14-18-15-13/h12H,3-9H2,1-2H3. The normalized spacial score (nSPS) is 21.8. The zero-order valence-electron chi connectivity index (χ0n) is 11.2. The van der Waals surface area contributed by atoms with E-state index in [-0.39, 0.29) is 5.78 Å². The largest absolute Gasteiger partial charge is 0.300 e. The molecule has 1 fully saturated rings. The molecular formula is C13H21N3O2. The molecule has 1 aliphatic rings. The molecule has 0 saturated carbocycles. The minimum atomic E-state index is 0.266. The Labute approximate surface area is 107 Å². The lowest BCUT2D eigenvalue weighted by atomic mass is 10.0. The van der Waals surface area contributed by atoms with Crippen LogP contribution in [-0.4, -0.2) is 33.6 Å². The van der Waals surface area contributed by atoms with Crippen molar-refractivity contribution in [1.82, 2.24) is 15.2 Å². The summed E-state index contributed by atoms with van der Waals surface area (Å²) in [6, 6.07) is 0.348. The predicted octanol–water partition coefficient (Wildman–Crippen LogP) is 2.10. The van der Waals surface area contributed by atoms with Crippen LogP contribution in [-0.2, 0) is 11.3 Å². The fraction of sp³-hybridized carbons (Fsp3) is 0.769. The molecule has 1 aromatic rings. The number of Topliss-reactive ketones (excluding diaryl/α,β-unsaturated/α-hetero) is 1. The monoisotopic (exact) mass is 251 g/mol. The van der Waals surface area contributed by atoms with Gasteiger partial charge in [0.1, 0.15) is 17.2 Å². The Bertz CT molecular complexity index is 403. The molecule has 1 aromatic heterocycles. The van der Waals surface area contributed by atoms with Gasteiger partial charge < -0.3 is 0 Å². The SMILES string of the molecule is CC(=O)CC1CCCCCN1Cc1nonc1C. The van der Waals surface area contributed by atoms with E-state index in [9.17, 15) is 4.79 Å². The highest BCUT2D eigenvalue weighted by molar-refractivity contribution is 5.76. The van der Waals surface area contributed by atoms with Crippen molar-refractivity contribution in [3.8, 4) is 0 Å². The Morgan fingerprint density at radius 3 is 2.89 bits per heavy atom. The number of hydrogen-bond donors (Lipinski definition) is 0. The Morgan fingerprint density at radius 2 is 2.22 bits per heavy atom. The van der Waals surface area contributed by atoms with Crippen LogP contribution in [0.4, 0.5) is 0 Å². The van der Waals surface area contributed by atoms with Gasteiger partial charge in [-0.25, -0.2) is 4.63 Å². The highest BCUT2D eigenvalue weighted by Gasteiger charge is 2.23. The fourth-order valence-electron chi connectivity index (χ4n) is 2.59. The van der Waals surface area contributed by atoms with E-state index in [1.807, 2.05) is 6.92 Å². The maximum atomic E-state index is 11.4. The van der Waals surface area contributed by atoms with Gasteiger partial charge in [0.25, 0.3) is 0 Å². The molecule has 0 spiro atoms. The van der Waals surface area contributed by atoms with Crippen molar-refractivity contribution in [3.05, 3.63) is 11.4 Å². The second-order valence-corrected chi connectivity index (χ2v) is 5.18. The topological polar surface area (TPSA) is 59.2 Å². The Morgan fingerprint density at radius 1 is 1.39 bits per heavy atom. The summed E-state index contributed by atoms with van der Waals surface area (Å²) in [6.45, 7) is 5.35. The summed E-state index contributed by atoms with van der Waals surface area (Å²) in [7, 11) is 0. The van der Waals surface area contributed by atoms with Crippen molar-refractivity contribution >= 4 is 5.78 Å². The van der Waals surface area contributed by atoms with Gasteiger partial charge in [-0.1, -0.05) is 23.2 Å². The highest BCUT2D eigenvalue weighted by Crippen LogP contribution is 2.21. The summed E-state index contributed by atoms with van der Waals surface area (Å²) < 4.78 is 4.74. The molecule has 18 heavy (non-hydrogen) atoms. The van der Waals surface area contributed by atoms with E-state index in [1.165, 1.54) is 19.3 Å². The van der Waals surface area contributed by atoms with E-state index in [0.717, 1.165) is 30.9 Å². The lowest BCUT2D eigenvalue weighted by Crippen LogP contribution is -2.36. The van der Waals surface area contributed by atoms with Crippen LogP contribution in [0.2, 0.25) is 0 Å².